The number of hydrogen-bond acceptors (Lipinski definition) is 5. The average Bonchev–Trinajstić information content (AvgIpc) is 3.39. The zero-order valence-electron chi connectivity index (χ0n) is 15.8. The van der Waals surface area contributed by atoms with E-state index in [1.807, 2.05) is 42.0 Å². The molecule has 2 N–H and O–H groups in total. The molecular formula is C20H23N7O. The molecule has 4 heterocycles. The molecule has 1 aliphatic rings. The number of urea groups is 1. The van der Waals surface area contributed by atoms with Crippen LogP contribution in [0.15, 0.2) is 49.1 Å². The van der Waals surface area contributed by atoms with Crippen molar-refractivity contribution in [2.75, 3.05) is 23.3 Å². The van der Waals surface area contributed by atoms with E-state index in [2.05, 4.69) is 30.5 Å². The van der Waals surface area contributed by atoms with E-state index in [0.29, 0.717) is 6.54 Å². The van der Waals surface area contributed by atoms with Gasteiger partial charge in [0.25, 0.3) is 0 Å². The van der Waals surface area contributed by atoms with Crippen molar-refractivity contribution in [2.24, 2.45) is 0 Å². The maximum Gasteiger partial charge on any atom is 0.319 e. The highest BCUT2D eigenvalue weighted by Crippen LogP contribution is 2.25. The number of carbonyl (C=O) groups is 1. The molecule has 1 saturated heterocycles. The van der Waals surface area contributed by atoms with Gasteiger partial charge in [0, 0.05) is 44.4 Å². The van der Waals surface area contributed by atoms with E-state index in [4.69, 9.17) is 0 Å². The molecule has 1 fully saturated rings. The molecule has 0 unspecified atom stereocenters. The normalized spacial score (nSPS) is 13.5. The minimum atomic E-state index is -0.259. The summed E-state index contributed by atoms with van der Waals surface area (Å²) in [6, 6.07) is 7.28. The monoisotopic (exact) mass is 377 g/mol. The molecule has 0 saturated carbocycles. The lowest BCUT2D eigenvalue weighted by molar-refractivity contribution is 0.251. The van der Waals surface area contributed by atoms with Crippen LogP contribution in [0.2, 0.25) is 0 Å². The quantitative estimate of drug-likeness (QED) is 0.714. The minimum absolute atomic E-state index is 0.259. The Bertz CT molecular complexity index is 962. The van der Waals surface area contributed by atoms with Crippen molar-refractivity contribution in [1.82, 2.24) is 24.8 Å². The first-order valence-corrected chi connectivity index (χ1v) is 9.41. The molecule has 3 aromatic rings. The first-order valence-electron chi connectivity index (χ1n) is 9.41. The summed E-state index contributed by atoms with van der Waals surface area (Å²) in [5.41, 5.74) is 1.69. The molecule has 0 radical (unpaired) electrons. The van der Waals surface area contributed by atoms with E-state index in [1.54, 1.807) is 18.6 Å². The Morgan fingerprint density at radius 3 is 2.75 bits per heavy atom. The number of carbonyl (C=O) groups excluding carboxylic acids is 1. The van der Waals surface area contributed by atoms with Gasteiger partial charge in [-0.1, -0.05) is 0 Å². The predicted molar refractivity (Wildman–Crippen MR) is 108 cm³/mol. The van der Waals surface area contributed by atoms with Crippen LogP contribution >= 0.6 is 0 Å². The highest BCUT2D eigenvalue weighted by Gasteiger charge is 2.17. The summed E-state index contributed by atoms with van der Waals surface area (Å²) in [5.74, 6) is 2.47. The summed E-state index contributed by atoms with van der Waals surface area (Å²) < 4.78 is 1.90. The van der Waals surface area contributed by atoms with Crippen LogP contribution in [-0.4, -0.2) is 38.6 Å². The van der Waals surface area contributed by atoms with Crippen molar-refractivity contribution < 1.29 is 4.79 Å². The molecule has 8 nitrogen and oxygen atoms in total. The van der Waals surface area contributed by atoms with E-state index in [1.165, 1.54) is 0 Å². The van der Waals surface area contributed by atoms with E-state index in [9.17, 15) is 4.79 Å². The summed E-state index contributed by atoms with van der Waals surface area (Å²) in [7, 11) is 0. The molecule has 0 spiro atoms. The predicted octanol–water partition coefficient (Wildman–Crippen LogP) is 2.89. The highest BCUT2D eigenvalue weighted by atomic mass is 16.2. The fourth-order valence-corrected chi connectivity index (χ4v) is 3.35. The van der Waals surface area contributed by atoms with Gasteiger partial charge in [-0.05, 0) is 49.6 Å². The van der Waals surface area contributed by atoms with Crippen LogP contribution in [0, 0.1) is 6.92 Å². The number of rotatable bonds is 5. The molecule has 28 heavy (non-hydrogen) atoms. The van der Waals surface area contributed by atoms with Crippen molar-refractivity contribution >= 4 is 17.5 Å². The summed E-state index contributed by atoms with van der Waals surface area (Å²) >= 11 is 0. The number of nitrogens with one attached hydrogen (secondary N) is 2. The third-order valence-electron chi connectivity index (χ3n) is 4.78. The van der Waals surface area contributed by atoms with Crippen LogP contribution < -0.4 is 15.5 Å². The zero-order valence-corrected chi connectivity index (χ0v) is 15.8. The first-order chi connectivity index (χ1) is 13.7. The van der Waals surface area contributed by atoms with Gasteiger partial charge in [-0.15, -0.1) is 0 Å². The van der Waals surface area contributed by atoms with E-state index in [-0.39, 0.29) is 6.03 Å². The largest absolute Gasteiger partial charge is 0.355 e. The van der Waals surface area contributed by atoms with Gasteiger partial charge in [-0.3, -0.25) is 4.57 Å². The lowest BCUT2D eigenvalue weighted by atomic mass is 10.2. The van der Waals surface area contributed by atoms with Gasteiger partial charge in [0.15, 0.2) is 5.82 Å². The summed E-state index contributed by atoms with van der Waals surface area (Å²) in [6.45, 7) is 4.27. The molecule has 1 aliphatic heterocycles. The maximum atomic E-state index is 12.4. The van der Waals surface area contributed by atoms with Gasteiger partial charge in [0.2, 0.25) is 0 Å². The Kier molecular flexibility index (Phi) is 5.18. The molecule has 8 heteroatoms. The average molecular weight is 377 g/mol. The van der Waals surface area contributed by atoms with Crippen LogP contribution in [0.25, 0.3) is 5.82 Å². The smallest absolute Gasteiger partial charge is 0.319 e. The van der Waals surface area contributed by atoms with Crippen molar-refractivity contribution in [3.8, 4) is 5.82 Å². The van der Waals surface area contributed by atoms with Gasteiger partial charge >= 0.3 is 6.03 Å². The maximum absolute atomic E-state index is 12.4. The second-order valence-corrected chi connectivity index (χ2v) is 6.74. The molecular weight excluding hydrogens is 354 g/mol. The summed E-state index contributed by atoms with van der Waals surface area (Å²) in [6.07, 6.45) is 9.40. The third kappa shape index (κ3) is 3.95. The zero-order chi connectivity index (χ0) is 19.3. The lowest BCUT2D eigenvalue weighted by Crippen LogP contribution is -2.30. The van der Waals surface area contributed by atoms with Crippen LogP contribution in [0.5, 0.6) is 0 Å². The number of aromatic nitrogens is 4. The Labute approximate surface area is 163 Å². The van der Waals surface area contributed by atoms with Crippen molar-refractivity contribution in [3.05, 3.63) is 60.4 Å². The van der Waals surface area contributed by atoms with Gasteiger partial charge in [-0.25, -0.2) is 19.7 Å². The number of anilines is 2. The van der Waals surface area contributed by atoms with E-state index >= 15 is 0 Å². The minimum Gasteiger partial charge on any atom is -0.355 e. The second-order valence-electron chi connectivity index (χ2n) is 6.74. The number of imidazole rings is 1. The van der Waals surface area contributed by atoms with Gasteiger partial charge < -0.3 is 15.5 Å². The molecule has 0 atom stereocenters. The Morgan fingerprint density at radius 1 is 1.11 bits per heavy atom. The molecule has 2 amide bonds. The van der Waals surface area contributed by atoms with Crippen LogP contribution in [0.3, 0.4) is 0 Å². The summed E-state index contributed by atoms with van der Waals surface area (Å²) in [5, 5.41) is 5.83. The number of nitrogens with zero attached hydrogens (tertiary/aromatic N) is 5. The molecule has 0 bridgehead atoms. The van der Waals surface area contributed by atoms with Crippen LogP contribution in [0.4, 0.5) is 16.3 Å². The highest BCUT2D eigenvalue weighted by molar-refractivity contribution is 5.92. The fourth-order valence-electron chi connectivity index (χ4n) is 3.35. The molecule has 0 aromatic carbocycles. The van der Waals surface area contributed by atoms with Gasteiger partial charge in [0.05, 0.1) is 5.69 Å². The lowest BCUT2D eigenvalue weighted by Gasteiger charge is -2.20. The number of hydrogen-bond donors (Lipinski definition) is 2. The fraction of sp³-hybridized carbons (Fsp3) is 0.300. The van der Waals surface area contributed by atoms with Crippen molar-refractivity contribution in [1.29, 1.82) is 0 Å². The topological polar surface area (TPSA) is 88.0 Å². The first kappa shape index (κ1) is 18.0. The Balaban J connectivity index is 1.40. The van der Waals surface area contributed by atoms with Crippen molar-refractivity contribution in [2.45, 2.75) is 26.3 Å². The van der Waals surface area contributed by atoms with E-state index < -0.39 is 0 Å². The number of pyridine rings is 2. The molecule has 0 aliphatic carbocycles. The van der Waals surface area contributed by atoms with Crippen molar-refractivity contribution in [3.63, 3.8) is 0 Å². The summed E-state index contributed by atoms with van der Waals surface area (Å²) in [4.78, 5) is 27.7. The number of aryl methyl sites for hydroxylation is 1. The van der Waals surface area contributed by atoms with Crippen LogP contribution in [-0.2, 0) is 6.54 Å². The Morgan fingerprint density at radius 2 is 1.96 bits per heavy atom. The van der Waals surface area contributed by atoms with E-state index in [0.717, 1.165) is 54.6 Å². The second kappa shape index (κ2) is 8.08. The SMILES string of the molecule is Cc1nccn1-c1cc(CNC(=O)Nc2cccnc2N2CCCC2)ccn1. The Hall–Kier alpha value is -3.42. The number of amides is 2. The van der Waals surface area contributed by atoms with Gasteiger partial charge in [-0.2, -0.15) is 0 Å². The van der Waals surface area contributed by atoms with Crippen LogP contribution in [0.1, 0.15) is 24.2 Å². The van der Waals surface area contributed by atoms with Gasteiger partial charge in [0.1, 0.15) is 11.6 Å². The standard InChI is InChI=1S/C20H23N7O/c1-15-21-9-12-27(15)18-13-16(6-8-22-18)14-24-20(28)25-17-5-4-7-23-19(17)26-10-2-3-11-26/h4-9,12-13H,2-3,10-11,14H2,1H3,(H2,24,25,28). The molecule has 3 aromatic heterocycles. The molecule has 4 rings (SSSR count). The third-order valence-corrected chi connectivity index (χ3v) is 4.78. The molecule has 144 valence electrons.